The molecule has 0 aliphatic carbocycles. The van der Waals surface area contributed by atoms with Crippen molar-refractivity contribution in [2.45, 2.75) is 161 Å². The molecule has 0 heterocycles. The Hall–Kier alpha value is -4.11. The normalized spacial score (nSPS) is 14.6. The molecule has 382 valence electrons. The summed E-state index contributed by atoms with van der Waals surface area (Å²) in [5, 5.41) is 0. The fraction of sp³-hybridized carbons (Fsp3) is 0.552. The van der Waals surface area contributed by atoms with Crippen molar-refractivity contribution >= 4 is 19.8 Å². The Morgan fingerprint density at radius 1 is 0.456 bits per heavy atom. The van der Waals surface area contributed by atoms with Crippen molar-refractivity contribution in [2.75, 3.05) is 47.5 Å². The van der Waals surface area contributed by atoms with Crippen LogP contribution in [0.2, 0.25) is 0 Å². The largest absolute Gasteiger partial charge is 0.756 e. The number of hydrogen-bond donors (Lipinski definition) is 0. The molecular weight excluding hydrogens is 870 g/mol. The molecule has 0 N–H and O–H groups in total. The van der Waals surface area contributed by atoms with Gasteiger partial charge in [0.1, 0.15) is 19.8 Å². The number of rotatable bonds is 44. The zero-order valence-electron chi connectivity index (χ0n) is 43.0. The number of allylic oxidation sites excluding steroid dienone is 24. The lowest BCUT2D eigenvalue weighted by molar-refractivity contribution is -0.870. The van der Waals surface area contributed by atoms with Crippen LogP contribution in [0.5, 0.6) is 0 Å². The molecule has 0 amide bonds. The highest BCUT2D eigenvalue weighted by molar-refractivity contribution is 7.45. The number of likely N-dealkylation sites (N-methyl/N-ethyl adjacent to an activating group) is 1. The Bertz CT molecular complexity index is 1650. The Morgan fingerprint density at radius 3 is 1.19 bits per heavy atom. The van der Waals surface area contributed by atoms with Crippen molar-refractivity contribution in [1.82, 2.24) is 0 Å². The van der Waals surface area contributed by atoms with E-state index < -0.39 is 32.5 Å². The van der Waals surface area contributed by atoms with Gasteiger partial charge in [-0.3, -0.25) is 14.2 Å². The summed E-state index contributed by atoms with van der Waals surface area (Å²) in [6.07, 6.45) is 70.3. The zero-order chi connectivity index (χ0) is 49.9. The molecule has 0 radical (unpaired) electrons. The van der Waals surface area contributed by atoms with Crippen molar-refractivity contribution in [3.05, 3.63) is 146 Å². The third kappa shape index (κ3) is 51.3. The molecule has 0 saturated carbocycles. The maximum Gasteiger partial charge on any atom is 0.306 e. The highest BCUT2D eigenvalue weighted by Gasteiger charge is 2.21. The molecule has 0 aromatic heterocycles. The highest BCUT2D eigenvalue weighted by atomic mass is 31.2. The van der Waals surface area contributed by atoms with Gasteiger partial charge in [-0.2, -0.15) is 0 Å². The molecule has 0 bridgehead atoms. The lowest BCUT2D eigenvalue weighted by atomic mass is 10.1. The topological polar surface area (TPSA) is 111 Å². The van der Waals surface area contributed by atoms with Gasteiger partial charge in [0.25, 0.3) is 7.82 Å². The molecule has 9 nitrogen and oxygen atoms in total. The van der Waals surface area contributed by atoms with Crippen LogP contribution >= 0.6 is 7.82 Å². The number of phosphoric ester groups is 1. The van der Waals surface area contributed by atoms with E-state index in [9.17, 15) is 19.0 Å². The van der Waals surface area contributed by atoms with Gasteiger partial charge >= 0.3 is 11.9 Å². The summed E-state index contributed by atoms with van der Waals surface area (Å²) in [4.78, 5) is 37.7. The van der Waals surface area contributed by atoms with E-state index in [2.05, 4.69) is 160 Å². The van der Waals surface area contributed by atoms with Gasteiger partial charge in [0.05, 0.1) is 27.7 Å². The predicted octanol–water partition coefficient (Wildman–Crippen LogP) is 14.9. The Kier molecular flexibility index (Phi) is 45.0. The summed E-state index contributed by atoms with van der Waals surface area (Å²) < 4.78 is 33.9. The lowest BCUT2D eigenvalue weighted by Gasteiger charge is -2.28. The van der Waals surface area contributed by atoms with Crippen LogP contribution in [-0.2, 0) is 32.7 Å². The fourth-order valence-electron chi connectivity index (χ4n) is 5.95. The maximum atomic E-state index is 12.7. The molecule has 0 aliphatic heterocycles. The van der Waals surface area contributed by atoms with Crippen LogP contribution < -0.4 is 4.89 Å². The maximum absolute atomic E-state index is 12.7. The minimum atomic E-state index is -4.66. The average molecular weight is 962 g/mol. The number of hydrogen-bond acceptors (Lipinski definition) is 8. The number of quaternary nitrogens is 1. The van der Waals surface area contributed by atoms with Gasteiger partial charge < -0.3 is 27.9 Å². The van der Waals surface area contributed by atoms with Crippen LogP contribution in [0.1, 0.15) is 155 Å². The van der Waals surface area contributed by atoms with Gasteiger partial charge in [-0.05, 0) is 116 Å². The summed E-state index contributed by atoms with van der Waals surface area (Å²) in [5.74, 6) is -0.929. The first-order valence-electron chi connectivity index (χ1n) is 25.5. The number of ether oxygens (including phenoxy) is 2. The number of phosphoric acid groups is 1. The van der Waals surface area contributed by atoms with E-state index in [4.69, 9.17) is 18.5 Å². The standard InChI is InChI=1S/C58H92NO8P/c1-6-8-10-12-14-16-18-20-22-23-24-25-26-27-28-29-30-31-32-33-34-35-37-39-41-43-45-47-49-51-58(61)67-56(55-66-68(62,63)65-53-52-59(3,4)5)54-64-57(60)50-48-46-44-42-40-38-36-21-19-17-15-13-11-9-7-2/h8-11,14-17,20-22,24-25,27-28,30-31,33-34,36-37,39-40,42,56H,6-7,12-13,18-19,23,26,29,32,35,38,41,43-55H2,1-5H3/b10-8-,11-9-,16-14-,17-15-,22-20-,25-24-,28-27-,31-30-,34-33-,36-21-,39-37-,42-40-. The van der Waals surface area contributed by atoms with Gasteiger partial charge in [0.2, 0.25) is 0 Å². The van der Waals surface area contributed by atoms with E-state index in [1.807, 2.05) is 21.1 Å². The molecule has 2 unspecified atom stereocenters. The molecule has 2 atom stereocenters. The summed E-state index contributed by atoms with van der Waals surface area (Å²) in [6.45, 7) is 3.88. The second-order valence-electron chi connectivity index (χ2n) is 17.4. The molecule has 0 aliphatic rings. The third-order valence-corrected chi connectivity index (χ3v) is 10.8. The first kappa shape index (κ1) is 63.9. The molecule has 0 spiro atoms. The second kappa shape index (κ2) is 47.9. The monoisotopic (exact) mass is 962 g/mol. The van der Waals surface area contributed by atoms with Crippen LogP contribution in [0.15, 0.2) is 146 Å². The van der Waals surface area contributed by atoms with Crippen LogP contribution in [0, 0.1) is 0 Å². The predicted molar refractivity (Wildman–Crippen MR) is 286 cm³/mol. The zero-order valence-corrected chi connectivity index (χ0v) is 43.9. The molecule has 0 aromatic rings. The summed E-state index contributed by atoms with van der Waals surface area (Å²) in [5.41, 5.74) is 0. The van der Waals surface area contributed by atoms with E-state index in [-0.39, 0.29) is 26.1 Å². The van der Waals surface area contributed by atoms with Crippen molar-refractivity contribution in [3.63, 3.8) is 0 Å². The number of carbonyl (C=O) groups excluding carboxylic acids is 2. The first-order chi connectivity index (χ1) is 33.0. The van der Waals surface area contributed by atoms with E-state index in [1.165, 1.54) is 0 Å². The minimum absolute atomic E-state index is 0.0524. The lowest BCUT2D eigenvalue weighted by Crippen LogP contribution is -2.37. The smallest absolute Gasteiger partial charge is 0.306 e. The van der Waals surface area contributed by atoms with E-state index in [0.29, 0.717) is 23.9 Å². The van der Waals surface area contributed by atoms with Crippen LogP contribution in [0.4, 0.5) is 0 Å². The van der Waals surface area contributed by atoms with E-state index in [0.717, 1.165) is 116 Å². The van der Waals surface area contributed by atoms with E-state index >= 15 is 0 Å². The number of nitrogens with zero attached hydrogens (tertiary/aromatic N) is 1. The van der Waals surface area contributed by atoms with E-state index in [1.54, 1.807) is 0 Å². The SMILES string of the molecule is CC/C=C\C/C=C\C/C=C\C/C=C\C/C=C\C/C=C\C/C=C\C/C=C\CCCCCCC(=O)OC(COC(=O)CCCC/C=C\C/C=C\C/C=C\C/C=C\CC)COP(=O)([O-])OCC[N+](C)(C)C. The molecule has 0 fully saturated rings. The third-order valence-electron chi connectivity index (χ3n) is 9.85. The highest BCUT2D eigenvalue weighted by Crippen LogP contribution is 2.38. The Labute approximate surface area is 414 Å². The summed E-state index contributed by atoms with van der Waals surface area (Å²) in [6, 6.07) is 0. The average Bonchev–Trinajstić information content (AvgIpc) is 3.30. The fourth-order valence-corrected chi connectivity index (χ4v) is 6.68. The van der Waals surface area contributed by atoms with Crippen LogP contribution in [0.3, 0.4) is 0 Å². The van der Waals surface area contributed by atoms with Crippen LogP contribution in [-0.4, -0.2) is 70.0 Å². The molecule has 0 rings (SSSR count). The quantitative estimate of drug-likeness (QED) is 0.0195. The van der Waals surface area contributed by atoms with Crippen molar-refractivity contribution in [3.8, 4) is 0 Å². The minimum Gasteiger partial charge on any atom is -0.756 e. The molecule has 10 heteroatoms. The molecule has 68 heavy (non-hydrogen) atoms. The number of carbonyl (C=O) groups is 2. The second-order valence-corrected chi connectivity index (χ2v) is 18.8. The Balaban J connectivity index is 4.38. The summed E-state index contributed by atoms with van der Waals surface area (Å²) >= 11 is 0. The summed E-state index contributed by atoms with van der Waals surface area (Å²) in [7, 11) is 1.09. The van der Waals surface area contributed by atoms with Crippen molar-refractivity contribution in [2.24, 2.45) is 0 Å². The number of esters is 2. The molecule has 0 aromatic carbocycles. The van der Waals surface area contributed by atoms with Gasteiger partial charge in [-0.1, -0.05) is 173 Å². The van der Waals surface area contributed by atoms with Crippen molar-refractivity contribution in [1.29, 1.82) is 0 Å². The Morgan fingerprint density at radius 2 is 0.794 bits per heavy atom. The van der Waals surface area contributed by atoms with Crippen LogP contribution in [0.25, 0.3) is 0 Å². The number of unbranched alkanes of at least 4 members (excludes halogenated alkanes) is 6. The molecular formula is C58H92NO8P. The first-order valence-corrected chi connectivity index (χ1v) is 27.0. The van der Waals surface area contributed by atoms with Crippen molar-refractivity contribution < 1.29 is 42.1 Å². The molecule has 0 saturated heterocycles. The van der Waals surface area contributed by atoms with Gasteiger partial charge in [0.15, 0.2) is 6.10 Å². The van der Waals surface area contributed by atoms with Gasteiger partial charge in [0, 0.05) is 12.8 Å². The van der Waals surface area contributed by atoms with Gasteiger partial charge in [-0.25, -0.2) is 0 Å². The van der Waals surface area contributed by atoms with Gasteiger partial charge in [-0.15, -0.1) is 0 Å².